The Bertz CT molecular complexity index is 2070. The predicted octanol–water partition coefficient (Wildman–Crippen LogP) is 2.44. The molecule has 2 saturated heterocycles. The Labute approximate surface area is 270 Å². The summed E-state index contributed by atoms with van der Waals surface area (Å²) in [6.07, 6.45) is 9.94. The van der Waals surface area contributed by atoms with Crippen LogP contribution in [-0.2, 0) is 31.4 Å². The number of aromatic nitrogens is 6. The van der Waals surface area contributed by atoms with Gasteiger partial charge in [0.1, 0.15) is 11.5 Å². The van der Waals surface area contributed by atoms with Gasteiger partial charge in [-0.1, -0.05) is 0 Å². The van der Waals surface area contributed by atoms with E-state index < -0.39 is 0 Å². The van der Waals surface area contributed by atoms with Gasteiger partial charge in [0.15, 0.2) is 5.82 Å². The quantitative estimate of drug-likeness (QED) is 0.275. The minimum absolute atomic E-state index is 0.225. The third-order valence-electron chi connectivity index (χ3n) is 9.72. The van der Waals surface area contributed by atoms with Gasteiger partial charge in [0.25, 0.3) is 11.1 Å². The minimum atomic E-state index is -0.381. The number of rotatable bonds is 7. The van der Waals surface area contributed by atoms with Crippen molar-refractivity contribution < 1.29 is 9.84 Å². The maximum atomic E-state index is 13.7. The second-order valence-corrected chi connectivity index (χ2v) is 12.5. The van der Waals surface area contributed by atoms with E-state index in [4.69, 9.17) is 4.74 Å². The van der Waals surface area contributed by atoms with Crippen molar-refractivity contribution in [2.45, 2.75) is 38.5 Å². The predicted molar refractivity (Wildman–Crippen MR) is 179 cm³/mol. The second-order valence-electron chi connectivity index (χ2n) is 12.5. The van der Waals surface area contributed by atoms with Crippen molar-refractivity contribution in [1.29, 1.82) is 0 Å². The third-order valence-corrected chi connectivity index (χ3v) is 9.72. The molecular formula is C34H37N9O4. The van der Waals surface area contributed by atoms with Crippen LogP contribution in [0.25, 0.3) is 27.8 Å². The van der Waals surface area contributed by atoms with E-state index >= 15 is 0 Å². The van der Waals surface area contributed by atoms with Crippen LogP contribution in [0.15, 0.2) is 64.7 Å². The van der Waals surface area contributed by atoms with E-state index in [2.05, 4.69) is 34.8 Å². The van der Waals surface area contributed by atoms with Crippen molar-refractivity contribution in [2.24, 2.45) is 7.05 Å². The van der Waals surface area contributed by atoms with Gasteiger partial charge >= 0.3 is 0 Å². The zero-order valence-electron chi connectivity index (χ0n) is 26.3. The first-order valence-electron chi connectivity index (χ1n) is 16.2. The van der Waals surface area contributed by atoms with E-state index in [0.717, 1.165) is 82.1 Å². The van der Waals surface area contributed by atoms with Gasteiger partial charge in [-0.3, -0.25) is 14.5 Å². The Balaban J connectivity index is 1.07. The number of fused-ring (bicyclic) bond motifs is 3. The number of anilines is 3. The van der Waals surface area contributed by atoms with Crippen molar-refractivity contribution in [3.63, 3.8) is 0 Å². The highest BCUT2D eigenvalue weighted by Gasteiger charge is 2.29. The first-order valence-corrected chi connectivity index (χ1v) is 16.2. The standard InChI is InChI=1S/C34H37N9O4/c1-39-18-22(14-29(34(39)46)38-31-6-5-24(16-36-31)40-10-12-41(13-11-40)25-20-47-21-25)26-7-8-35-32(28(26)19-44)43-33(45)27-15-23-4-2-3-9-42(23)30(27)17-37-43/h5-8,14-18,25,44H,2-4,9-13,19-21H2,1H3,(H,36,38). The van der Waals surface area contributed by atoms with Gasteiger partial charge < -0.3 is 29.2 Å². The van der Waals surface area contributed by atoms with Gasteiger partial charge in [-0.05, 0) is 55.2 Å². The smallest absolute Gasteiger partial charge is 0.282 e. The van der Waals surface area contributed by atoms with Crippen LogP contribution < -0.4 is 21.3 Å². The minimum Gasteiger partial charge on any atom is -0.392 e. The average Bonchev–Trinajstić information content (AvgIpc) is 3.46. The lowest BCUT2D eigenvalue weighted by Gasteiger charge is -2.43. The molecule has 0 radical (unpaired) electrons. The van der Waals surface area contributed by atoms with Crippen LogP contribution in [0, 0.1) is 0 Å². The molecule has 0 aliphatic carbocycles. The lowest BCUT2D eigenvalue weighted by molar-refractivity contribution is -0.0660. The van der Waals surface area contributed by atoms with Gasteiger partial charge in [-0.15, -0.1) is 0 Å². The van der Waals surface area contributed by atoms with E-state index in [1.807, 2.05) is 24.4 Å². The SMILES string of the molecule is Cn1cc(-c2ccnc(-n3ncc4c(cc5n4CCCC5)c3=O)c2CO)cc(Nc2ccc(N3CCN(C4COC4)CC3)cn2)c1=O. The Morgan fingerprint density at radius 1 is 0.979 bits per heavy atom. The Kier molecular flexibility index (Phi) is 7.58. The molecule has 8 heterocycles. The molecule has 0 unspecified atom stereocenters. The van der Waals surface area contributed by atoms with Crippen LogP contribution in [0.5, 0.6) is 0 Å². The van der Waals surface area contributed by atoms with Crippen molar-refractivity contribution in [3.8, 4) is 16.9 Å². The lowest BCUT2D eigenvalue weighted by Crippen LogP contribution is -2.56. The fraction of sp³-hybridized carbons (Fsp3) is 0.382. The Morgan fingerprint density at radius 3 is 2.57 bits per heavy atom. The zero-order valence-corrected chi connectivity index (χ0v) is 26.3. The van der Waals surface area contributed by atoms with E-state index in [1.165, 1.54) is 9.25 Å². The normalized spacial score (nSPS) is 17.1. The largest absolute Gasteiger partial charge is 0.392 e. The Morgan fingerprint density at radius 2 is 1.83 bits per heavy atom. The monoisotopic (exact) mass is 635 g/mol. The summed E-state index contributed by atoms with van der Waals surface area (Å²) in [6, 6.07) is 9.91. The maximum Gasteiger partial charge on any atom is 0.282 e. The molecule has 2 N–H and O–H groups in total. The molecule has 5 aromatic heterocycles. The van der Waals surface area contributed by atoms with Crippen LogP contribution in [0.3, 0.4) is 0 Å². The van der Waals surface area contributed by atoms with Crippen LogP contribution >= 0.6 is 0 Å². The zero-order chi connectivity index (χ0) is 32.1. The van der Waals surface area contributed by atoms with Crippen LogP contribution in [0.1, 0.15) is 24.1 Å². The first kappa shape index (κ1) is 29.5. The summed E-state index contributed by atoms with van der Waals surface area (Å²) < 4.78 is 10.3. The number of aryl methyl sites for hydroxylation is 3. The van der Waals surface area contributed by atoms with E-state index in [-0.39, 0.29) is 23.5 Å². The molecule has 0 amide bonds. The summed E-state index contributed by atoms with van der Waals surface area (Å²) in [7, 11) is 1.68. The number of ether oxygens (including phenoxy) is 1. The summed E-state index contributed by atoms with van der Waals surface area (Å²) in [6.45, 7) is 6.00. The van der Waals surface area contributed by atoms with Crippen molar-refractivity contribution >= 4 is 28.1 Å². The third kappa shape index (κ3) is 5.29. The summed E-state index contributed by atoms with van der Waals surface area (Å²) in [4.78, 5) is 40.8. The van der Waals surface area contributed by atoms with Crippen molar-refractivity contribution in [1.82, 2.24) is 33.8 Å². The Hall–Kier alpha value is -4.85. The molecule has 0 aromatic carbocycles. The number of aliphatic hydroxyl groups is 1. The fourth-order valence-corrected chi connectivity index (χ4v) is 7.01. The highest BCUT2D eigenvalue weighted by molar-refractivity contribution is 5.80. The number of nitrogens with zero attached hydrogens (tertiary/aromatic N) is 8. The number of pyridine rings is 3. The maximum absolute atomic E-state index is 13.7. The van der Waals surface area contributed by atoms with Gasteiger partial charge in [0.05, 0.1) is 54.8 Å². The molecule has 13 nitrogen and oxygen atoms in total. The summed E-state index contributed by atoms with van der Waals surface area (Å²) >= 11 is 0. The van der Waals surface area contributed by atoms with E-state index in [0.29, 0.717) is 39.6 Å². The molecule has 13 heteroatoms. The van der Waals surface area contributed by atoms with Crippen LogP contribution in [-0.4, -0.2) is 84.3 Å². The molecule has 2 fully saturated rings. The number of nitrogens with one attached hydrogen (secondary N) is 1. The average molecular weight is 636 g/mol. The summed E-state index contributed by atoms with van der Waals surface area (Å²) in [5.41, 5.74) is 4.56. The molecule has 47 heavy (non-hydrogen) atoms. The molecule has 0 atom stereocenters. The molecule has 3 aliphatic heterocycles. The topological polar surface area (TPSA) is 136 Å². The van der Waals surface area contributed by atoms with Crippen LogP contribution in [0.2, 0.25) is 0 Å². The molecule has 0 saturated carbocycles. The fourth-order valence-electron chi connectivity index (χ4n) is 7.01. The van der Waals surface area contributed by atoms with Gasteiger partial charge in [0, 0.05) is 69.0 Å². The summed E-state index contributed by atoms with van der Waals surface area (Å²) in [5, 5.41) is 18.9. The van der Waals surface area contributed by atoms with Crippen molar-refractivity contribution in [2.75, 3.05) is 49.6 Å². The molecule has 8 rings (SSSR count). The molecule has 242 valence electrons. The van der Waals surface area contributed by atoms with Crippen molar-refractivity contribution in [3.05, 3.63) is 87.1 Å². The number of hydrogen-bond donors (Lipinski definition) is 2. The number of aliphatic hydroxyl groups excluding tert-OH is 1. The van der Waals surface area contributed by atoms with E-state index in [9.17, 15) is 14.7 Å². The molecule has 0 spiro atoms. The highest BCUT2D eigenvalue weighted by Crippen LogP contribution is 2.29. The lowest BCUT2D eigenvalue weighted by atomic mass is 10.0. The molecule has 5 aromatic rings. The second kappa shape index (κ2) is 12.1. The molecular weight excluding hydrogens is 598 g/mol. The van der Waals surface area contributed by atoms with E-state index in [1.54, 1.807) is 37.8 Å². The highest BCUT2D eigenvalue weighted by atomic mass is 16.5. The summed E-state index contributed by atoms with van der Waals surface area (Å²) in [5.74, 6) is 0.800. The van der Waals surface area contributed by atoms with Gasteiger partial charge in [0.2, 0.25) is 0 Å². The number of piperazine rings is 1. The van der Waals surface area contributed by atoms with Gasteiger partial charge in [-0.2, -0.15) is 9.78 Å². The molecule has 0 bridgehead atoms. The molecule has 3 aliphatic rings. The number of hydrogen-bond acceptors (Lipinski definition) is 10. The van der Waals surface area contributed by atoms with Gasteiger partial charge in [-0.25, -0.2) is 9.97 Å². The van der Waals surface area contributed by atoms with Crippen LogP contribution in [0.4, 0.5) is 17.2 Å². The first-order chi connectivity index (χ1) is 23.0.